The maximum Gasteiger partial charge on any atom is 0.274 e. The normalized spacial score (nSPS) is 13.4. The van der Waals surface area contributed by atoms with Crippen molar-refractivity contribution in [2.75, 3.05) is 43.0 Å². The molecule has 37 heavy (non-hydrogen) atoms. The van der Waals surface area contributed by atoms with Gasteiger partial charge < -0.3 is 20.3 Å². The number of nitrogens with zero attached hydrogens (tertiary/aromatic N) is 4. The van der Waals surface area contributed by atoms with Gasteiger partial charge in [0.25, 0.3) is 11.8 Å². The molecule has 0 saturated carbocycles. The molecule has 0 aliphatic carbocycles. The molecule has 0 unspecified atom stereocenters. The summed E-state index contributed by atoms with van der Waals surface area (Å²) in [4.78, 5) is 31.5. The van der Waals surface area contributed by atoms with Gasteiger partial charge in [0.05, 0.1) is 17.6 Å². The SMILES string of the molecule is NNC(=O)COc1ccc(NC(=O)c2ccn3ncc(-c4cccc(Cl)c4)c3n2)c(N2CCNCC2)c1. The Bertz CT molecular complexity index is 1450. The minimum absolute atomic E-state index is 0.215. The monoisotopic (exact) mass is 520 g/mol. The fourth-order valence-corrected chi connectivity index (χ4v) is 4.30. The Morgan fingerprint density at radius 1 is 1.14 bits per heavy atom. The van der Waals surface area contributed by atoms with E-state index in [-0.39, 0.29) is 18.2 Å². The second-order valence-electron chi connectivity index (χ2n) is 8.38. The standard InChI is InChI=1S/C25H25ClN8O3/c26-17-3-1-2-16(12-17)19-14-29-34-9-6-21(30-24(19)34)25(36)31-20-5-4-18(37-15-23(35)32-27)13-22(20)33-10-7-28-8-11-33/h1-6,9,12-14,28H,7-8,10-11,15,27H2,(H,31,36)(H,32,35). The Morgan fingerprint density at radius 3 is 2.76 bits per heavy atom. The van der Waals surface area contributed by atoms with Crippen LogP contribution in [0.25, 0.3) is 16.8 Å². The third-order valence-electron chi connectivity index (χ3n) is 5.94. The zero-order valence-corrected chi connectivity index (χ0v) is 20.5. The lowest BCUT2D eigenvalue weighted by molar-refractivity contribution is -0.123. The van der Waals surface area contributed by atoms with Crippen LogP contribution >= 0.6 is 11.6 Å². The van der Waals surface area contributed by atoms with Gasteiger partial charge in [0.15, 0.2) is 12.3 Å². The predicted molar refractivity (Wildman–Crippen MR) is 141 cm³/mol. The minimum Gasteiger partial charge on any atom is -0.484 e. The molecule has 5 N–H and O–H groups in total. The first-order chi connectivity index (χ1) is 18.0. The Balaban J connectivity index is 1.43. The predicted octanol–water partition coefficient (Wildman–Crippen LogP) is 2.08. The lowest BCUT2D eigenvalue weighted by Crippen LogP contribution is -2.43. The summed E-state index contributed by atoms with van der Waals surface area (Å²) in [5, 5.41) is 11.2. The van der Waals surface area contributed by atoms with Crippen LogP contribution in [0.1, 0.15) is 10.5 Å². The number of nitrogens with one attached hydrogen (secondary N) is 3. The number of ether oxygens (including phenoxy) is 1. The Morgan fingerprint density at radius 2 is 1.97 bits per heavy atom. The van der Waals surface area contributed by atoms with Gasteiger partial charge in [0.2, 0.25) is 0 Å². The second kappa shape index (κ2) is 10.8. The number of hydrogen-bond acceptors (Lipinski definition) is 8. The van der Waals surface area contributed by atoms with Crippen molar-refractivity contribution < 1.29 is 14.3 Å². The molecule has 11 nitrogen and oxygen atoms in total. The highest BCUT2D eigenvalue weighted by molar-refractivity contribution is 6.30. The first-order valence-corrected chi connectivity index (χ1v) is 12.0. The number of fused-ring (bicyclic) bond motifs is 1. The van der Waals surface area contributed by atoms with Crippen molar-refractivity contribution in [1.82, 2.24) is 25.3 Å². The number of carbonyl (C=O) groups is 2. The van der Waals surface area contributed by atoms with Crippen LogP contribution in [0.4, 0.5) is 11.4 Å². The molecule has 0 atom stereocenters. The van der Waals surface area contributed by atoms with E-state index in [2.05, 4.69) is 25.6 Å². The van der Waals surface area contributed by atoms with Crippen molar-refractivity contribution in [3.8, 4) is 16.9 Å². The van der Waals surface area contributed by atoms with Crippen molar-refractivity contribution in [1.29, 1.82) is 0 Å². The molecule has 0 bridgehead atoms. The van der Waals surface area contributed by atoms with Gasteiger partial charge in [-0.1, -0.05) is 23.7 Å². The zero-order chi connectivity index (χ0) is 25.8. The molecule has 3 heterocycles. The van der Waals surface area contributed by atoms with Gasteiger partial charge in [0.1, 0.15) is 11.4 Å². The molecule has 2 amide bonds. The third kappa shape index (κ3) is 5.48. The maximum absolute atomic E-state index is 13.3. The number of anilines is 2. The van der Waals surface area contributed by atoms with E-state index in [0.717, 1.165) is 43.0 Å². The van der Waals surface area contributed by atoms with Crippen molar-refractivity contribution >= 4 is 40.4 Å². The van der Waals surface area contributed by atoms with Gasteiger partial charge in [0, 0.05) is 49.0 Å². The summed E-state index contributed by atoms with van der Waals surface area (Å²) in [6, 6.07) is 14.2. The van der Waals surface area contributed by atoms with Crippen LogP contribution < -0.4 is 31.5 Å². The van der Waals surface area contributed by atoms with E-state index in [9.17, 15) is 9.59 Å². The molecular weight excluding hydrogens is 496 g/mol. The number of halogens is 1. The van der Waals surface area contributed by atoms with Gasteiger partial charge in [-0.3, -0.25) is 15.0 Å². The average Bonchev–Trinajstić information content (AvgIpc) is 3.36. The number of aromatic nitrogens is 3. The summed E-state index contributed by atoms with van der Waals surface area (Å²) in [6.45, 7) is 2.89. The van der Waals surface area contributed by atoms with Crippen LogP contribution in [0.15, 0.2) is 60.9 Å². The van der Waals surface area contributed by atoms with E-state index in [4.69, 9.17) is 22.2 Å². The Kier molecular flexibility index (Phi) is 7.17. The molecule has 0 radical (unpaired) electrons. The number of nitrogens with two attached hydrogens (primary N) is 1. The maximum atomic E-state index is 13.3. The summed E-state index contributed by atoms with van der Waals surface area (Å²) < 4.78 is 7.17. The summed E-state index contributed by atoms with van der Waals surface area (Å²) in [5.74, 6) is 4.81. The highest BCUT2D eigenvalue weighted by Crippen LogP contribution is 2.32. The first-order valence-electron chi connectivity index (χ1n) is 11.7. The van der Waals surface area contributed by atoms with Gasteiger partial charge >= 0.3 is 0 Å². The van der Waals surface area contributed by atoms with Crippen molar-refractivity contribution in [3.63, 3.8) is 0 Å². The topological polar surface area (TPSA) is 139 Å². The highest BCUT2D eigenvalue weighted by Gasteiger charge is 2.19. The number of rotatable bonds is 7. The van der Waals surface area contributed by atoms with Crippen LogP contribution in [0.3, 0.4) is 0 Å². The molecule has 1 saturated heterocycles. The van der Waals surface area contributed by atoms with Crippen LogP contribution in [0.2, 0.25) is 5.02 Å². The highest BCUT2D eigenvalue weighted by atomic mass is 35.5. The van der Waals surface area contributed by atoms with E-state index in [0.29, 0.717) is 22.1 Å². The number of amides is 2. The van der Waals surface area contributed by atoms with Crippen LogP contribution in [0.5, 0.6) is 5.75 Å². The van der Waals surface area contributed by atoms with Crippen LogP contribution in [0, 0.1) is 0 Å². The minimum atomic E-state index is -0.445. The lowest BCUT2D eigenvalue weighted by Gasteiger charge is -2.31. The third-order valence-corrected chi connectivity index (χ3v) is 6.18. The summed E-state index contributed by atoms with van der Waals surface area (Å²) in [7, 11) is 0. The molecule has 1 aliphatic rings. The van der Waals surface area contributed by atoms with Crippen molar-refractivity contribution in [3.05, 3.63) is 71.6 Å². The van der Waals surface area contributed by atoms with E-state index in [1.165, 1.54) is 0 Å². The summed E-state index contributed by atoms with van der Waals surface area (Å²) in [6.07, 6.45) is 3.39. The summed E-state index contributed by atoms with van der Waals surface area (Å²) >= 11 is 6.16. The molecular formula is C25H25ClN8O3. The summed E-state index contributed by atoms with van der Waals surface area (Å²) in [5.41, 5.74) is 5.82. The fraction of sp³-hybridized carbons (Fsp3) is 0.200. The second-order valence-corrected chi connectivity index (χ2v) is 8.81. The number of carbonyl (C=O) groups excluding carboxylic acids is 2. The number of piperazine rings is 1. The molecule has 190 valence electrons. The largest absolute Gasteiger partial charge is 0.484 e. The van der Waals surface area contributed by atoms with Gasteiger partial charge in [-0.15, -0.1) is 0 Å². The number of hydrazine groups is 1. The fourth-order valence-electron chi connectivity index (χ4n) is 4.11. The van der Waals surface area contributed by atoms with E-state index in [1.807, 2.05) is 23.6 Å². The molecule has 2 aromatic carbocycles. The van der Waals surface area contributed by atoms with E-state index < -0.39 is 5.91 Å². The van der Waals surface area contributed by atoms with Gasteiger partial charge in [-0.2, -0.15) is 5.10 Å². The van der Waals surface area contributed by atoms with Gasteiger partial charge in [-0.25, -0.2) is 15.3 Å². The van der Waals surface area contributed by atoms with Gasteiger partial charge in [-0.05, 0) is 35.9 Å². The van der Waals surface area contributed by atoms with Crippen molar-refractivity contribution in [2.24, 2.45) is 5.84 Å². The Hall–Kier alpha value is -4.19. The smallest absolute Gasteiger partial charge is 0.274 e. The molecule has 0 spiro atoms. The first kappa shape index (κ1) is 24.5. The lowest BCUT2D eigenvalue weighted by atomic mass is 10.1. The molecule has 1 fully saturated rings. The average molecular weight is 521 g/mol. The molecule has 5 rings (SSSR count). The number of hydrogen-bond donors (Lipinski definition) is 4. The van der Waals surface area contributed by atoms with E-state index >= 15 is 0 Å². The van der Waals surface area contributed by atoms with Crippen LogP contribution in [-0.2, 0) is 4.79 Å². The molecule has 4 aromatic rings. The quantitative estimate of drug-likeness (QED) is 0.165. The van der Waals surface area contributed by atoms with Crippen molar-refractivity contribution in [2.45, 2.75) is 0 Å². The zero-order valence-electron chi connectivity index (χ0n) is 19.8. The molecule has 1 aliphatic heterocycles. The van der Waals surface area contributed by atoms with Crippen LogP contribution in [-0.4, -0.2) is 59.2 Å². The molecule has 12 heteroatoms. The number of benzene rings is 2. The van der Waals surface area contributed by atoms with E-state index in [1.54, 1.807) is 47.2 Å². The Labute approximate surface area is 217 Å². The molecule has 2 aromatic heterocycles.